The van der Waals surface area contributed by atoms with Gasteiger partial charge in [-0.05, 0) is 6.08 Å². The first-order valence-corrected chi connectivity index (χ1v) is 3.18. The largest absolute Gasteiger partial charge is 0.381 e. The van der Waals surface area contributed by atoms with Gasteiger partial charge in [-0.25, -0.2) is 9.97 Å². The molecule has 0 aliphatic heterocycles. The molecule has 1 heterocycles. The van der Waals surface area contributed by atoms with Crippen molar-refractivity contribution in [1.29, 1.82) is 5.26 Å². The molecule has 60 valence electrons. The Bertz CT molecular complexity index is 349. The number of nitrogens with zero attached hydrogens (tertiary/aromatic N) is 3. The molecule has 5 heteroatoms. The van der Waals surface area contributed by atoms with Crippen LogP contribution in [0.2, 0.25) is 0 Å². The van der Waals surface area contributed by atoms with E-state index in [9.17, 15) is 0 Å². The maximum atomic E-state index is 8.21. The molecule has 0 aliphatic rings. The van der Waals surface area contributed by atoms with Gasteiger partial charge in [-0.3, -0.25) is 0 Å². The van der Waals surface area contributed by atoms with E-state index in [1.807, 2.05) is 6.07 Å². The maximum absolute atomic E-state index is 8.21. The molecule has 0 amide bonds. The normalized spacial score (nSPS) is 9.92. The number of nitriles is 1. The molecule has 4 N–H and O–H groups in total. The number of nitrogen functional groups attached to an aromatic ring is 2. The van der Waals surface area contributed by atoms with Crippen molar-refractivity contribution in [3.05, 3.63) is 18.0 Å². The van der Waals surface area contributed by atoms with E-state index in [-0.39, 0.29) is 11.6 Å². The number of nitrogens with two attached hydrogens (primary N) is 2. The molecule has 1 aromatic rings. The van der Waals surface area contributed by atoms with Crippen LogP contribution in [0, 0.1) is 11.3 Å². The SMILES string of the molecule is N#CC=Cc1cnc(N)c(N)n1. The second-order valence-corrected chi connectivity index (χ2v) is 2.03. The van der Waals surface area contributed by atoms with Gasteiger partial charge in [-0.2, -0.15) is 5.26 Å². The first-order valence-electron chi connectivity index (χ1n) is 3.18. The van der Waals surface area contributed by atoms with Crippen molar-refractivity contribution in [3.8, 4) is 6.07 Å². The average molecular weight is 161 g/mol. The Morgan fingerprint density at radius 2 is 2.17 bits per heavy atom. The van der Waals surface area contributed by atoms with Crippen molar-refractivity contribution < 1.29 is 0 Å². The lowest BCUT2D eigenvalue weighted by molar-refractivity contribution is 1.20. The molecule has 0 atom stereocenters. The summed E-state index contributed by atoms with van der Waals surface area (Å²) in [4.78, 5) is 7.62. The van der Waals surface area contributed by atoms with Crippen molar-refractivity contribution in [2.75, 3.05) is 11.5 Å². The molecule has 0 unspecified atom stereocenters. The smallest absolute Gasteiger partial charge is 0.166 e. The Balaban J connectivity index is 2.99. The quantitative estimate of drug-likeness (QED) is 0.572. The van der Waals surface area contributed by atoms with Crippen LogP contribution in [0.15, 0.2) is 12.3 Å². The molecule has 1 aromatic heterocycles. The molecule has 1 rings (SSSR count). The third-order valence-corrected chi connectivity index (χ3v) is 1.18. The summed E-state index contributed by atoms with van der Waals surface area (Å²) in [7, 11) is 0. The van der Waals surface area contributed by atoms with E-state index in [4.69, 9.17) is 16.7 Å². The third kappa shape index (κ3) is 1.70. The van der Waals surface area contributed by atoms with E-state index < -0.39 is 0 Å². The average Bonchev–Trinajstić information content (AvgIpc) is 2.07. The van der Waals surface area contributed by atoms with Crippen molar-refractivity contribution in [2.45, 2.75) is 0 Å². The Labute approximate surface area is 69.3 Å². The minimum absolute atomic E-state index is 0.176. The zero-order chi connectivity index (χ0) is 8.97. The Morgan fingerprint density at radius 3 is 2.75 bits per heavy atom. The second-order valence-electron chi connectivity index (χ2n) is 2.03. The molecule has 0 aliphatic carbocycles. The summed E-state index contributed by atoms with van der Waals surface area (Å²) in [6, 6.07) is 1.83. The molecule has 12 heavy (non-hydrogen) atoms. The number of hydrogen-bond acceptors (Lipinski definition) is 5. The highest BCUT2D eigenvalue weighted by Crippen LogP contribution is 2.07. The Kier molecular flexibility index (Phi) is 2.23. The van der Waals surface area contributed by atoms with E-state index in [1.54, 1.807) is 0 Å². The Morgan fingerprint density at radius 1 is 1.42 bits per heavy atom. The lowest BCUT2D eigenvalue weighted by atomic mass is 10.4. The molecule has 0 saturated carbocycles. The van der Waals surface area contributed by atoms with Gasteiger partial charge in [0.25, 0.3) is 0 Å². The summed E-state index contributed by atoms with van der Waals surface area (Å²) in [6.07, 6.45) is 4.24. The lowest BCUT2D eigenvalue weighted by Gasteiger charge is -1.97. The summed E-state index contributed by atoms with van der Waals surface area (Å²) in [5.41, 5.74) is 11.2. The summed E-state index contributed by atoms with van der Waals surface area (Å²) < 4.78 is 0. The van der Waals surface area contributed by atoms with E-state index in [1.165, 1.54) is 18.3 Å². The molecule has 0 bridgehead atoms. The zero-order valence-corrected chi connectivity index (χ0v) is 6.23. The lowest BCUT2D eigenvalue weighted by Crippen LogP contribution is -2.01. The highest BCUT2D eigenvalue weighted by atomic mass is 15.0. The van der Waals surface area contributed by atoms with Crippen molar-refractivity contribution >= 4 is 17.7 Å². The van der Waals surface area contributed by atoms with Gasteiger partial charge in [-0.15, -0.1) is 0 Å². The minimum Gasteiger partial charge on any atom is -0.381 e. The van der Waals surface area contributed by atoms with Gasteiger partial charge < -0.3 is 11.5 Å². The summed E-state index contributed by atoms with van der Waals surface area (Å²) in [6.45, 7) is 0. The fourth-order valence-electron chi connectivity index (χ4n) is 0.630. The van der Waals surface area contributed by atoms with Gasteiger partial charge in [-0.1, -0.05) is 0 Å². The number of allylic oxidation sites excluding steroid dienone is 1. The van der Waals surface area contributed by atoms with Crippen molar-refractivity contribution in [2.24, 2.45) is 0 Å². The van der Waals surface area contributed by atoms with Crippen molar-refractivity contribution in [3.63, 3.8) is 0 Å². The van der Waals surface area contributed by atoms with Crippen LogP contribution < -0.4 is 11.5 Å². The fourth-order valence-corrected chi connectivity index (χ4v) is 0.630. The molecular weight excluding hydrogens is 154 g/mol. The van der Waals surface area contributed by atoms with Gasteiger partial charge in [0, 0.05) is 6.08 Å². The van der Waals surface area contributed by atoms with Gasteiger partial charge >= 0.3 is 0 Å². The predicted octanol–water partition coefficient (Wildman–Crippen LogP) is 0.178. The van der Waals surface area contributed by atoms with Gasteiger partial charge in [0.05, 0.1) is 18.0 Å². The maximum Gasteiger partial charge on any atom is 0.166 e. The standard InChI is InChI=1S/C7H7N5/c8-3-1-2-5-4-11-6(9)7(10)12-5/h1-2,4H,(H2,9,11)(H2,10,12). The monoisotopic (exact) mass is 161 g/mol. The predicted molar refractivity (Wildman–Crippen MR) is 45.5 cm³/mol. The minimum atomic E-state index is 0.176. The van der Waals surface area contributed by atoms with E-state index >= 15 is 0 Å². The number of rotatable bonds is 1. The number of aromatic nitrogens is 2. The van der Waals surface area contributed by atoms with Crippen LogP contribution in [-0.2, 0) is 0 Å². The van der Waals surface area contributed by atoms with Crippen LogP contribution in [0.4, 0.5) is 11.6 Å². The molecule has 0 spiro atoms. The first kappa shape index (κ1) is 8.01. The topological polar surface area (TPSA) is 102 Å². The van der Waals surface area contributed by atoms with Crippen molar-refractivity contribution in [1.82, 2.24) is 9.97 Å². The molecule has 5 nitrogen and oxygen atoms in total. The highest BCUT2D eigenvalue weighted by Gasteiger charge is 1.96. The molecule has 0 fully saturated rings. The van der Waals surface area contributed by atoms with E-state index in [2.05, 4.69) is 9.97 Å². The first-order chi connectivity index (χ1) is 5.74. The third-order valence-electron chi connectivity index (χ3n) is 1.18. The zero-order valence-electron chi connectivity index (χ0n) is 6.23. The van der Waals surface area contributed by atoms with Crippen LogP contribution in [-0.4, -0.2) is 9.97 Å². The fraction of sp³-hybridized carbons (Fsp3) is 0. The van der Waals surface area contributed by atoms with E-state index in [0.717, 1.165) is 0 Å². The Hall–Kier alpha value is -2.09. The summed E-state index contributed by atoms with van der Waals surface area (Å²) in [5.74, 6) is 0.374. The number of hydrogen-bond donors (Lipinski definition) is 2. The summed E-state index contributed by atoms with van der Waals surface area (Å²) >= 11 is 0. The van der Waals surface area contributed by atoms with Gasteiger partial charge in [0.1, 0.15) is 0 Å². The second kappa shape index (κ2) is 3.34. The van der Waals surface area contributed by atoms with Crippen LogP contribution in [0.3, 0.4) is 0 Å². The summed E-state index contributed by atoms with van der Waals surface area (Å²) in [5, 5.41) is 8.21. The molecule has 0 aromatic carbocycles. The van der Waals surface area contributed by atoms with E-state index in [0.29, 0.717) is 5.69 Å². The van der Waals surface area contributed by atoms with Gasteiger partial charge in [0.15, 0.2) is 11.6 Å². The number of anilines is 2. The molecular formula is C7H7N5. The molecule has 0 saturated heterocycles. The molecule has 0 radical (unpaired) electrons. The van der Waals surface area contributed by atoms with Crippen LogP contribution >= 0.6 is 0 Å². The highest BCUT2D eigenvalue weighted by molar-refractivity contribution is 5.56. The van der Waals surface area contributed by atoms with Crippen LogP contribution in [0.25, 0.3) is 6.08 Å². The van der Waals surface area contributed by atoms with Crippen LogP contribution in [0.5, 0.6) is 0 Å². The van der Waals surface area contributed by atoms with Crippen LogP contribution in [0.1, 0.15) is 5.69 Å². The van der Waals surface area contributed by atoms with Gasteiger partial charge in [0.2, 0.25) is 0 Å².